The first-order valence-electron chi connectivity index (χ1n) is 5.00. The summed E-state index contributed by atoms with van der Waals surface area (Å²) in [5.41, 5.74) is 0. The van der Waals surface area contributed by atoms with Crippen molar-refractivity contribution >= 4 is 0 Å². The van der Waals surface area contributed by atoms with Crippen LogP contribution in [0.3, 0.4) is 0 Å². The molecule has 0 rings (SSSR count). The summed E-state index contributed by atoms with van der Waals surface area (Å²) < 4.78 is 5.45. The molecule has 2 unspecified atom stereocenters. The second-order valence-corrected chi connectivity index (χ2v) is 3.38. The van der Waals surface area contributed by atoms with Crippen molar-refractivity contribution in [1.29, 1.82) is 0 Å². The van der Waals surface area contributed by atoms with E-state index in [1.165, 1.54) is 0 Å². The normalized spacial score (nSPS) is 16.0. The zero-order valence-electron chi connectivity index (χ0n) is 8.55. The lowest BCUT2D eigenvalue weighted by molar-refractivity contribution is -0.00787. The van der Waals surface area contributed by atoms with Crippen molar-refractivity contribution in [2.45, 2.75) is 58.7 Å². The zero-order valence-corrected chi connectivity index (χ0v) is 8.55. The lowest BCUT2D eigenvalue weighted by Gasteiger charge is -2.15. The first-order valence-corrected chi connectivity index (χ1v) is 5.00. The standard InChI is InChI=1S/C10H22O2/c1-4-6-9(3)12-8-10(11)7-5-2/h9-11H,4-8H2,1-3H3. The largest absolute Gasteiger partial charge is 0.391 e. The minimum Gasteiger partial charge on any atom is -0.391 e. The molecule has 0 aliphatic rings. The molecule has 0 aromatic heterocycles. The number of aliphatic hydroxyl groups is 1. The van der Waals surface area contributed by atoms with Gasteiger partial charge in [-0.2, -0.15) is 0 Å². The zero-order chi connectivity index (χ0) is 9.40. The van der Waals surface area contributed by atoms with Gasteiger partial charge in [0.1, 0.15) is 0 Å². The van der Waals surface area contributed by atoms with E-state index < -0.39 is 0 Å². The van der Waals surface area contributed by atoms with Gasteiger partial charge in [0.05, 0.1) is 18.8 Å². The Balaban J connectivity index is 3.27. The summed E-state index contributed by atoms with van der Waals surface area (Å²) in [6, 6.07) is 0. The van der Waals surface area contributed by atoms with Crippen molar-refractivity contribution in [2.24, 2.45) is 0 Å². The van der Waals surface area contributed by atoms with Crippen molar-refractivity contribution in [3.63, 3.8) is 0 Å². The van der Waals surface area contributed by atoms with Gasteiger partial charge in [-0.15, -0.1) is 0 Å². The SMILES string of the molecule is CCCC(O)COC(C)CCC. The van der Waals surface area contributed by atoms with Crippen LogP contribution in [0.25, 0.3) is 0 Å². The minimum atomic E-state index is -0.269. The molecule has 0 fully saturated rings. The minimum absolute atomic E-state index is 0.269. The second-order valence-electron chi connectivity index (χ2n) is 3.38. The van der Waals surface area contributed by atoms with Crippen LogP contribution in [0.1, 0.15) is 46.5 Å². The van der Waals surface area contributed by atoms with Gasteiger partial charge < -0.3 is 9.84 Å². The van der Waals surface area contributed by atoms with Crippen LogP contribution in [0, 0.1) is 0 Å². The predicted octanol–water partition coefficient (Wildman–Crippen LogP) is 2.35. The van der Waals surface area contributed by atoms with E-state index in [9.17, 15) is 5.11 Å². The average molecular weight is 174 g/mol. The number of aliphatic hydroxyl groups excluding tert-OH is 1. The molecular weight excluding hydrogens is 152 g/mol. The Morgan fingerprint density at radius 2 is 1.75 bits per heavy atom. The molecule has 0 radical (unpaired) electrons. The van der Waals surface area contributed by atoms with Crippen molar-refractivity contribution in [1.82, 2.24) is 0 Å². The molecular formula is C10H22O2. The van der Waals surface area contributed by atoms with Crippen molar-refractivity contribution in [2.75, 3.05) is 6.61 Å². The summed E-state index contributed by atoms with van der Waals surface area (Å²) in [6.07, 6.45) is 4.12. The van der Waals surface area contributed by atoms with Gasteiger partial charge in [-0.25, -0.2) is 0 Å². The lowest BCUT2D eigenvalue weighted by atomic mass is 10.2. The summed E-state index contributed by atoms with van der Waals surface area (Å²) >= 11 is 0. The van der Waals surface area contributed by atoms with Gasteiger partial charge in [0.25, 0.3) is 0 Å². The van der Waals surface area contributed by atoms with Crippen molar-refractivity contribution in [3.8, 4) is 0 Å². The van der Waals surface area contributed by atoms with Gasteiger partial charge in [0.2, 0.25) is 0 Å². The molecule has 0 aliphatic carbocycles. The molecule has 0 amide bonds. The van der Waals surface area contributed by atoms with Crippen LogP contribution in [0.5, 0.6) is 0 Å². The van der Waals surface area contributed by atoms with E-state index in [0.717, 1.165) is 25.7 Å². The van der Waals surface area contributed by atoms with E-state index in [4.69, 9.17) is 4.74 Å². The maximum absolute atomic E-state index is 9.34. The maximum Gasteiger partial charge on any atom is 0.0773 e. The fourth-order valence-electron chi connectivity index (χ4n) is 1.18. The summed E-state index contributed by atoms with van der Waals surface area (Å²) in [5.74, 6) is 0. The molecule has 2 heteroatoms. The van der Waals surface area contributed by atoms with Crippen LogP contribution in [-0.2, 0) is 4.74 Å². The number of hydrogen-bond acceptors (Lipinski definition) is 2. The molecule has 0 saturated heterocycles. The van der Waals surface area contributed by atoms with Gasteiger partial charge in [-0.3, -0.25) is 0 Å². The first-order chi connectivity index (χ1) is 5.70. The molecule has 0 aliphatic heterocycles. The molecule has 2 nitrogen and oxygen atoms in total. The molecule has 0 bridgehead atoms. The quantitative estimate of drug-likeness (QED) is 0.642. The molecule has 0 aromatic rings. The van der Waals surface area contributed by atoms with Crippen LogP contribution in [0.15, 0.2) is 0 Å². The highest BCUT2D eigenvalue weighted by molar-refractivity contribution is 4.55. The van der Waals surface area contributed by atoms with Gasteiger partial charge >= 0.3 is 0 Å². The molecule has 2 atom stereocenters. The third-order valence-corrected chi connectivity index (χ3v) is 1.89. The molecule has 0 spiro atoms. The Bertz CT molecular complexity index is 81.8. The Morgan fingerprint density at radius 3 is 2.25 bits per heavy atom. The van der Waals surface area contributed by atoms with Crippen LogP contribution in [0.4, 0.5) is 0 Å². The first kappa shape index (κ1) is 11.9. The summed E-state index contributed by atoms with van der Waals surface area (Å²) in [4.78, 5) is 0. The lowest BCUT2D eigenvalue weighted by Crippen LogP contribution is -2.19. The van der Waals surface area contributed by atoms with Crippen LogP contribution in [0.2, 0.25) is 0 Å². The Labute approximate surface area is 75.9 Å². The van der Waals surface area contributed by atoms with Crippen molar-refractivity contribution in [3.05, 3.63) is 0 Å². The van der Waals surface area contributed by atoms with Gasteiger partial charge in [0, 0.05) is 0 Å². The van der Waals surface area contributed by atoms with E-state index in [-0.39, 0.29) is 6.10 Å². The number of hydrogen-bond donors (Lipinski definition) is 1. The predicted molar refractivity (Wildman–Crippen MR) is 51.2 cm³/mol. The van der Waals surface area contributed by atoms with E-state index in [2.05, 4.69) is 20.8 Å². The van der Waals surface area contributed by atoms with Crippen LogP contribution < -0.4 is 0 Å². The van der Waals surface area contributed by atoms with E-state index >= 15 is 0 Å². The fraction of sp³-hybridized carbons (Fsp3) is 1.00. The summed E-state index contributed by atoms with van der Waals surface area (Å²) in [5, 5.41) is 9.34. The summed E-state index contributed by atoms with van der Waals surface area (Å²) in [7, 11) is 0. The van der Waals surface area contributed by atoms with Crippen molar-refractivity contribution < 1.29 is 9.84 Å². The molecule has 0 aromatic carbocycles. The Morgan fingerprint density at radius 1 is 1.17 bits per heavy atom. The molecule has 12 heavy (non-hydrogen) atoms. The highest BCUT2D eigenvalue weighted by atomic mass is 16.5. The molecule has 74 valence electrons. The second kappa shape index (κ2) is 7.56. The third kappa shape index (κ3) is 6.62. The topological polar surface area (TPSA) is 29.5 Å². The summed E-state index contributed by atoms with van der Waals surface area (Å²) in [6.45, 7) is 6.76. The smallest absolute Gasteiger partial charge is 0.0773 e. The monoisotopic (exact) mass is 174 g/mol. The highest BCUT2D eigenvalue weighted by Gasteiger charge is 2.05. The van der Waals surface area contributed by atoms with Gasteiger partial charge in [-0.05, 0) is 19.8 Å². The van der Waals surface area contributed by atoms with E-state index in [1.807, 2.05) is 0 Å². The Hall–Kier alpha value is -0.0800. The number of ether oxygens (including phenoxy) is 1. The molecule has 0 heterocycles. The van der Waals surface area contributed by atoms with Gasteiger partial charge in [0.15, 0.2) is 0 Å². The van der Waals surface area contributed by atoms with E-state index in [1.54, 1.807) is 0 Å². The maximum atomic E-state index is 9.34. The van der Waals surface area contributed by atoms with E-state index in [0.29, 0.717) is 12.7 Å². The number of rotatable bonds is 7. The third-order valence-electron chi connectivity index (χ3n) is 1.89. The Kier molecular flexibility index (Phi) is 7.51. The van der Waals surface area contributed by atoms with Crippen LogP contribution in [-0.4, -0.2) is 23.9 Å². The fourth-order valence-corrected chi connectivity index (χ4v) is 1.18. The molecule has 1 N–H and O–H groups in total. The highest BCUT2D eigenvalue weighted by Crippen LogP contribution is 2.03. The van der Waals surface area contributed by atoms with Gasteiger partial charge in [-0.1, -0.05) is 26.7 Å². The molecule has 0 saturated carbocycles. The van der Waals surface area contributed by atoms with Crippen LogP contribution >= 0.6 is 0 Å². The average Bonchev–Trinajstić information content (AvgIpc) is 2.02.